The summed E-state index contributed by atoms with van der Waals surface area (Å²) >= 11 is 0. The van der Waals surface area contributed by atoms with E-state index in [1.54, 1.807) is 0 Å². The van der Waals surface area contributed by atoms with E-state index in [-0.39, 0.29) is 12.3 Å². The van der Waals surface area contributed by atoms with Gasteiger partial charge in [0.15, 0.2) is 0 Å². The molecule has 1 aliphatic heterocycles. The Balaban J connectivity index is 2.36. The summed E-state index contributed by atoms with van der Waals surface area (Å²) in [5, 5.41) is 2.46. The molecule has 0 saturated carbocycles. The zero-order valence-electron chi connectivity index (χ0n) is 6.69. The molecule has 12 heavy (non-hydrogen) atoms. The minimum absolute atomic E-state index is 0.158. The fourth-order valence-electron chi connectivity index (χ4n) is 1.40. The van der Waals surface area contributed by atoms with Crippen molar-refractivity contribution in [3.63, 3.8) is 0 Å². The number of nitrogens with one attached hydrogen (secondary N) is 1. The number of alkyl halides is 3. The minimum Gasteiger partial charge on any atom is -0.330 e. The van der Waals surface area contributed by atoms with E-state index in [1.807, 2.05) is 0 Å². The van der Waals surface area contributed by atoms with Crippen molar-refractivity contribution in [3.05, 3.63) is 0 Å². The van der Waals surface area contributed by atoms with Crippen LogP contribution in [0.3, 0.4) is 0 Å². The predicted octanol–water partition coefficient (Wildman–Crippen LogP) is 0.876. The summed E-state index contributed by atoms with van der Waals surface area (Å²) < 4.78 is 36.2. The third-order valence-electron chi connectivity index (χ3n) is 2.24. The van der Waals surface area contributed by atoms with E-state index in [9.17, 15) is 13.2 Å². The molecule has 0 aromatic carbocycles. The number of hydrogen-bond acceptors (Lipinski definition) is 2. The molecule has 0 aromatic rings. The highest BCUT2D eigenvalue weighted by atomic mass is 19.4. The van der Waals surface area contributed by atoms with Gasteiger partial charge in [0.25, 0.3) is 0 Å². The zero-order valence-corrected chi connectivity index (χ0v) is 6.69. The second kappa shape index (κ2) is 3.62. The molecule has 1 saturated heterocycles. The van der Waals surface area contributed by atoms with Crippen molar-refractivity contribution in [1.29, 1.82) is 0 Å². The first kappa shape index (κ1) is 9.80. The monoisotopic (exact) mass is 182 g/mol. The molecule has 0 unspecified atom stereocenters. The number of nitrogens with two attached hydrogens (primary N) is 1. The fourth-order valence-corrected chi connectivity index (χ4v) is 1.40. The highest BCUT2D eigenvalue weighted by Crippen LogP contribution is 2.27. The quantitative estimate of drug-likeness (QED) is 0.631. The molecule has 2 nitrogen and oxygen atoms in total. The van der Waals surface area contributed by atoms with Gasteiger partial charge in [-0.1, -0.05) is 0 Å². The summed E-state index contributed by atoms with van der Waals surface area (Å²) in [4.78, 5) is 0. The van der Waals surface area contributed by atoms with Gasteiger partial charge in [-0.3, -0.25) is 0 Å². The molecule has 1 fully saturated rings. The Hall–Kier alpha value is -0.290. The summed E-state index contributed by atoms with van der Waals surface area (Å²) in [7, 11) is 0. The van der Waals surface area contributed by atoms with Crippen molar-refractivity contribution < 1.29 is 13.2 Å². The molecule has 0 radical (unpaired) electrons. The Labute approximate surface area is 69.3 Å². The second-order valence-electron chi connectivity index (χ2n) is 3.18. The average Bonchev–Trinajstić information content (AvgIpc) is 2.03. The summed E-state index contributed by atoms with van der Waals surface area (Å²) in [6, 6.07) is -1.32. The summed E-state index contributed by atoms with van der Waals surface area (Å²) in [6.07, 6.45) is -3.36. The standard InChI is InChI=1S/C7H13F3N2/c8-7(9,10)6-2-1-5(3-11)4-12-6/h5-6,12H,1-4,11H2/t5-,6-/m1/s1. The van der Waals surface area contributed by atoms with Crippen molar-refractivity contribution in [2.24, 2.45) is 11.7 Å². The molecule has 1 heterocycles. The van der Waals surface area contributed by atoms with Gasteiger partial charge in [0.05, 0.1) is 0 Å². The molecule has 3 N–H and O–H groups in total. The lowest BCUT2D eigenvalue weighted by Crippen LogP contribution is -2.49. The first-order valence-electron chi connectivity index (χ1n) is 4.04. The van der Waals surface area contributed by atoms with Gasteiger partial charge in [-0.2, -0.15) is 13.2 Å². The van der Waals surface area contributed by atoms with Crippen LogP contribution in [0.5, 0.6) is 0 Å². The van der Waals surface area contributed by atoms with E-state index in [2.05, 4.69) is 5.32 Å². The van der Waals surface area contributed by atoms with Gasteiger partial charge in [0.2, 0.25) is 0 Å². The smallest absolute Gasteiger partial charge is 0.330 e. The Morgan fingerprint density at radius 1 is 1.33 bits per heavy atom. The van der Waals surface area contributed by atoms with E-state index in [0.29, 0.717) is 19.5 Å². The van der Waals surface area contributed by atoms with Crippen LogP contribution >= 0.6 is 0 Å². The second-order valence-corrected chi connectivity index (χ2v) is 3.18. The van der Waals surface area contributed by atoms with Gasteiger partial charge in [-0.25, -0.2) is 0 Å². The SMILES string of the molecule is NC[C@H]1CC[C@H](C(F)(F)F)NC1. The molecule has 5 heteroatoms. The summed E-state index contributed by atoms with van der Waals surface area (Å²) in [6.45, 7) is 0.859. The van der Waals surface area contributed by atoms with Crippen LogP contribution in [0.25, 0.3) is 0 Å². The molecule has 72 valence electrons. The number of rotatable bonds is 1. The van der Waals surface area contributed by atoms with Crippen LogP contribution in [-0.2, 0) is 0 Å². The van der Waals surface area contributed by atoms with Crippen molar-refractivity contribution in [2.75, 3.05) is 13.1 Å². The van der Waals surface area contributed by atoms with Gasteiger partial charge in [0, 0.05) is 0 Å². The van der Waals surface area contributed by atoms with E-state index >= 15 is 0 Å². The molecular formula is C7H13F3N2. The molecule has 0 aromatic heterocycles. The Morgan fingerprint density at radius 3 is 2.33 bits per heavy atom. The zero-order chi connectivity index (χ0) is 9.19. The molecule has 1 rings (SSSR count). The maximum atomic E-state index is 12.1. The minimum atomic E-state index is -4.10. The van der Waals surface area contributed by atoms with Gasteiger partial charge < -0.3 is 11.1 Å². The van der Waals surface area contributed by atoms with Gasteiger partial charge in [-0.15, -0.1) is 0 Å². The molecule has 0 aliphatic carbocycles. The highest BCUT2D eigenvalue weighted by molar-refractivity contribution is 4.82. The van der Waals surface area contributed by atoms with Crippen LogP contribution < -0.4 is 11.1 Å². The van der Waals surface area contributed by atoms with Crippen molar-refractivity contribution in [2.45, 2.75) is 25.1 Å². The molecular weight excluding hydrogens is 169 g/mol. The number of halogens is 3. The lowest BCUT2D eigenvalue weighted by atomic mass is 9.95. The maximum absolute atomic E-state index is 12.1. The first-order valence-corrected chi connectivity index (χ1v) is 4.04. The van der Waals surface area contributed by atoms with Crippen LogP contribution in [0, 0.1) is 5.92 Å². The predicted molar refractivity (Wildman–Crippen MR) is 39.6 cm³/mol. The Morgan fingerprint density at radius 2 is 2.00 bits per heavy atom. The van der Waals surface area contributed by atoms with E-state index in [1.165, 1.54) is 0 Å². The third kappa shape index (κ3) is 2.35. The first-order chi connectivity index (χ1) is 5.54. The summed E-state index contributed by atoms with van der Waals surface area (Å²) in [5.41, 5.74) is 5.34. The average molecular weight is 182 g/mol. The largest absolute Gasteiger partial charge is 0.403 e. The molecule has 0 spiro atoms. The van der Waals surface area contributed by atoms with Gasteiger partial charge >= 0.3 is 6.18 Å². The van der Waals surface area contributed by atoms with Crippen LogP contribution in [-0.4, -0.2) is 25.3 Å². The fraction of sp³-hybridized carbons (Fsp3) is 1.00. The lowest BCUT2D eigenvalue weighted by Gasteiger charge is -2.30. The molecule has 0 amide bonds. The maximum Gasteiger partial charge on any atom is 0.403 e. The van der Waals surface area contributed by atoms with Crippen LogP contribution in [0.2, 0.25) is 0 Å². The Bertz CT molecular complexity index is 138. The molecule has 1 aliphatic rings. The Kier molecular flexibility index (Phi) is 2.95. The van der Waals surface area contributed by atoms with Crippen LogP contribution in [0.4, 0.5) is 13.2 Å². The summed E-state index contributed by atoms with van der Waals surface area (Å²) in [5.74, 6) is 0.212. The number of piperidine rings is 1. The van der Waals surface area contributed by atoms with Crippen molar-refractivity contribution in [1.82, 2.24) is 5.32 Å². The van der Waals surface area contributed by atoms with E-state index < -0.39 is 12.2 Å². The molecule has 2 atom stereocenters. The highest BCUT2D eigenvalue weighted by Gasteiger charge is 2.41. The number of hydrogen-bond donors (Lipinski definition) is 2. The third-order valence-corrected chi connectivity index (χ3v) is 2.24. The van der Waals surface area contributed by atoms with E-state index in [0.717, 1.165) is 0 Å². The topological polar surface area (TPSA) is 38.0 Å². The van der Waals surface area contributed by atoms with Gasteiger partial charge in [0.1, 0.15) is 6.04 Å². The van der Waals surface area contributed by atoms with Crippen LogP contribution in [0.1, 0.15) is 12.8 Å². The van der Waals surface area contributed by atoms with Crippen molar-refractivity contribution in [3.8, 4) is 0 Å². The van der Waals surface area contributed by atoms with Crippen LogP contribution in [0.15, 0.2) is 0 Å². The van der Waals surface area contributed by atoms with Gasteiger partial charge in [-0.05, 0) is 31.8 Å². The normalized spacial score (nSPS) is 32.0. The lowest BCUT2D eigenvalue weighted by molar-refractivity contribution is -0.161. The molecule has 0 bridgehead atoms. The van der Waals surface area contributed by atoms with E-state index in [4.69, 9.17) is 5.73 Å². The van der Waals surface area contributed by atoms with Crippen molar-refractivity contribution >= 4 is 0 Å².